The molecule has 0 fully saturated rings. The number of methoxy groups -OCH3 is 1. The van der Waals surface area contributed by atoms with Crippen LogP contribution in [0.1, 0.15) is 27.0 Å². The Kier molecular flexibility index (Phi) is 7.00. The summed E-state index contributed by atoms with van der Waals surface area (Å²) in [6.45, 7) is 0.0274. The normalized spacial score (nSPS) is 10.2. The standard InChI is InChI=1S/C24H23NO4/c1-28-21-13-11-19(12-14-21)16-25-23(26)17-29-24(27)22-10-6-5-9-20(22)15-18-7-3-2-4-8-18/h2-14H,15-17H2,1H3,(H,25,26). The Hall–Kier alpha value is -3.60. The first kappa shape index (κ1) is 20.1. The fourth-order valence-electron chi connectivity index (χ4n) is 2.89. The average molecular weight is 389 g/mol. The van der Waals surface area contributed by atoms with E-state index in [1.807, 2.05) is 66.7 Å². The molecule has 0 unspecified atom stereocenters. The van der Waals surface area contributed by atoms with E-state index in [4.69, 9.17) is 9.47 Å². The minimum absolute atomic E-state index is 0.325. The van der Waals surface area contributed by atoms with Gasteiger partial charge < -0.3 is 14.8 Å². The van der Waals surface area contributed by atoms with E-state index >= 15 is 0 Å². The lowest BCUT2D eigenvalue weighted by molar-refractivity contribution is -0.124. The van der Waals surface area contributed by atoms with Crippen molar-refractivity contribution in [1.29, 1.82) is 0 Å². The number of carbonyl (C=O) groups is 2. The van der Waals surface area contributed by atoms with Crippen molar-refractivity contribution in [3.8, 4) is 5.75 Å². The maximum absolute atomic E-state index is 12.5. The molecule has 0 spiro atoms. The largest absolute Gasteiger partial charge is 0.497 e. The van der Waals surface area contributed by atoms with Gasteiger partial charge in [0.05, 0.1) is 12.7 Å². The smallest absolute Gasteiger partial charge is 0.338 e. The number of hydrogen-bond donors (Lipinski definition) is 1. The summed E-state index contributed by atoms with van der Waals surface area (Å²) in [6.07, 6.45) is 0.621. The second-order valence-electron chi connectivity index (χ2n) is 6.52. The van der Waals surface area contributed by atoms with Crippen molar-refractivity contribution in [2.75, 3.05) is 13.7 Å². The molecule has 0 atom stereocenters. The Morgan fingerprint density at radius 1 is 0.828 bits per heavy atom. The number of carbonyl (C=O) groups excluding carboxylic acids is 2. The Morgan fingerprint density at radius 3 is 2.24 bits per heavy atom. The van der Waals surface area contributed by atoms with E-state index in [9.17, 15) is 9.59 Å². The number of amides is 1. The number of nitrogens with one attached hydrogen (secondary N) is 1. The third kappa shape index (κ3) is 5.94. The number of benzene rings is 3. The molecular weight excluding hydrogens is 366 g/mol. The molecule has 0 aliphatic carbocycles. The summed E-state index contributed by atoms with van der Waals surface area (Å²) < 4.78 is 10.3. The molecule has 29 heavy (non-hydrogen) atoms. The summed E-state index contributed by atoms with van der Waals surface area (Å²) in [4.78, 5) is 24.5. The second kappa shape index (κ2) is 10.1. The molecule has 1 N–H and O–H groups in total. The van der Waals surface area contributed by atoms with E-state index in [-0.39, 0.29) is 12.5 Å². The summed E-state index contributed by atoms with van der Waals surface area (Å²) in [5.74, 6) is -0.103. The lowest BCUT2D eigenvalue weighted by Crippen LogP contribution is -2.28. The lowest BCUT2D eigenvalue weighted by Gasteiger charge is -2.10. The van der Waals surface area contributed by atoms with Crippen molar-refractivity contribution in [2.45, 2.75) is 13.0 Å². The molecule has 0 heterocycles. The number of hydrogen-bond acceptors (Lipinski definition) is 4. The van der Waals surface area contributed by atoms with Crippen molar-refractivity contribution < 1.29 is 19.1 Å². The zero-order valence-corrected chi connectivity index (χ0v) is 16.3. The third-order valence-corrected chi connectivity index (χ3v) is 4.46. The predicted molar refractivity (Wildman–Crippen MR) is 111 cm³/mol. The van der Waals surface area contributed by atoms with E-state index in [2.05, 4.69) is 5.32 Å². The summed E-state index contributed by atoms with van der Waals surface area (Å²) >= 11 is 0. The third-order valence-electron chi connectivity index (χ3n) is 4.46. The molecule has 5 nitrogen and oxygen atoms in total. The van der Waals surface area contributed by atoms with Crippen LogP contribution in [0.2, 0.25) is 0 Å². The zero-order chi connectivity index (χ0) is 20.5. The van der Waals surface area contributed by atoms with Crippen LogP contribution in [0.5, 0.6) is 5.75 Å². The predicted octanol–water partition coefficient (Wildman–Crippen LogP) is 3.76. The first-order chi connectivity index (χ1) is 14.2. The molecule has 3 aromatic rings. The van der Waals surface area contributed by atoms with Gasteiger partial charge in [0.1, 0.15) is 5.75 Å². The van der Waals surface area contributed by atoms with Crippen LogP contribution < -0.4 is 10.1 Å². The topological polar surface area (TPSA) is 64.6 Å². The Labute approximate surface area is 170 Å². The van der Waals surface area contributed by atoms with Crippen LogP contribution in [-0.2, 0) is 22.5 Å². The maximum Gasteiger partial charge on any atom is 0.338 e. The SMILES string of the molecule is COc1ccc(CNC(=O)COC(=O)c2ccccc2Cc2ccccc2)cc1. The van der Waals surface area contributed by atoms with Crippen molar-refractivity contribution in [3.05, 3.63) is 101 Å². The lowest BCUT2D eigenvalue weighted by atomic mass is 10.00. The fraction of sp³-hybridized carbons (Fsp3) is 0.167. The van der Waals surface area contributed by atoms with E-state index in [0.29, 0.717) is 18.5 Å². The molecule has 3 aromatic carbocycles. The highest BCUT2D eigenvalue weighted by molar-refractivity contribution is 5.92. The van der Waals surface area contributed by atoms with E-state index in [0.717, 1.165) is 22.4 Å². The van der Waals surface area contributed by atoms with Crippen LogP contribution in [0.4, 0.5) is 0 Å². The maximum atomic E-state index is 12.5. The minimum atomic E-state index is -0.504. The van der Waals surface area contributed by atoms with Gasteiger partial charge in [0.25, 0.3) is 5.91 Å². The van der Waals surface area contributed by atoms with Gasteiger partial charge in [0.15, 0.2) is 6.61 Å². The molecule has 5 heteroatoms. The first-order valence-electron chi connectivity index (χ1n) is 9.34. The molecule has 148 valence electrons. The molecule has 0 bridgehead atoms. The molecule has 0 aromatic heterocycles. The van der Waals surface area contributed by atoms with Crippen LogP contribution in [0, 0.1) is 0 Å². The van der Waals surface area contributed by atoms with Crippen molar-refractivity contribution >= 4 is 11.9 Å². The highest BCUT2D eigenvalue weighted by Crippen LogP contribution is 2.15. The van der Waals surface area contributed by atoms with Gasteiger partial charge in [-0.2, -0.15) is 0 Å². The molecule has 0 aliphatic heterocycles. The van der Waals surface area contributed by atoms with Gasteiger partial charge in [-0.25, -0.2) is 4.79 Å². The molecule has 3 rings (SSSR count). The van der Waals surface area contributed by atoms with Crippen LogP contribution in [0.15, 0.2) is 78.9 Å². The Bertz CT molecular complexity index is 952. The van der Waals surface area contributed by atoms with Crippen LogP contribution >= 0.6 is 0 Å². The molecule has 0 aliphatic rings. The highest BCUT2D eigenvalue weighted by Gasteiger charge is 2.14. The van der Waals surface area contributed by atoms with Crippen LogP contribution in [-0.4, -0.2) is 25.6 Å². The molecular formula is C24H23NO4. The number of esters is 1. The van der Waals surface area contributed by atoms with Crippen LogP contribution in [0.25, 0.3) is 0 Å². The first-order valence-corrected chi connectivity index (χ1v) is 9.34. The van der Waals surface area contributed by atoms with E-state index in [1.165, 1.54) is 0 Å². The summed E-state index contributed by atoms with van der Waals surface area (Å²) in [5, 5.41) is 2.74. The molecule has 0 saturated carbocycles. The molecule has 1 amide bonds. The van der Waals surface area contributed by atoms with Gasteiger partial charge in [0.2, 0.25) is 0 Å². The van der Waals surface area contributed by atoms with Gasteiger partial charge in [-0.05, 0) is 41.3 Å². The molecule has 0 saturated heterocycles. The highest BCUT2D eigenvalue weighted by atomic mass is 16.5. The van der Waals surface area contributed by atoms with Gasteiger partial charge in [-0.15, -0.1) is 0 Å². The Balaban J connectivity index is 1.53. The van der Waals surface area contributed by atoms with E-state index in [1.54, 1.807) is 19.2 Å². The van der Waals surface area contributed by atoms with Crippen LogP contribution in [0.3, 0.4) is 0 Å². The zero-order valence-electron chi connectivity index (χ0n) is 16.3. The summed E-state index contributed by atoms with van der Waals surface area (Å²) in [7, 11) is 1.60. The van der Waals surface area contributed by atoms with Crippen molar-refractivity contribution in [3.63, 3.8) is 0 Å². The summed E-state index contributed by atoms with van der Waals surface area (Å²) in [5.41, 5.74) is 3.37. The average Bonchev–Trinajstić information content (AvgIpc) is 2.77. The van der Waals surface area contributed by atoms with E-state index < -0.39 is 5.97 Å². The summed E-state index contributed by atoms with van der Waals surface area (Å²) in [6, 6.07) is 24.6. The van der Waals surface area contributed by atoms with Crippen molar-refractivity contribution in [1.82, 2.24) is 5.32 Å². The van der Waals surface area contributed by atoms with Gasteiger partial charge in [-0.1, -0.05) is 60.7 Å². The van der Waals surface area contributed by atoms with Gasteiger partial charge >= 0.3 is 5.97 Å². The second-order valence-corrected chi connectivity index (χ2v) is 6.52. The monoisotopic (exact) mass is 389 g/mol. The van der Waals surface area contributed by atoms with Crippen molar-refractivity contribution in [2.24, 2.45) is 0 Å². The molecule has 0 radical (unpaired) electrons. The number of ether oxygens (including phenoxy) is 2. The number of rotatable bonds is 8. The van der Waals surface area contributed by atoms with Gasteiger partial charge in [-0.3, -0.25) is 4.79 Å². The quantitative estimate of drug-likeness (QED) is 0.596. The minimum Gasteiger partial charge on any atom is -0.497 e. The van der Waals surface area contributed by atoms with Gasteiger partial charge in [0, 0.05) is 6.54 Å². The fourth-order valence-corrected chi connectivity index (χ4v) is 2.89. The Morgan fingerprint density at radius 2 is 1.52 bits per heavy atom.